The molecule has 0 fully saturated rings. The number of benzene rings is 2. The van der Waals surface area contributed by atoms with E-state index in [2.05, 4.69) is 31.8 Å². The van der Waals surface area contributed by atoms with E-state index in [-0.39, 0.29) is 5.41 Å². The molecule has 0 amide bonds. The summed E-state index contributed by atoms with van der Waals surface area (Å²) in [4.78, 5) is 5.71. The number of fused-ring (bicyclic) bond motifs is 1. The molecule has 4 nitrogen and oxygen atoms in total. The molecule has 1 aliphatic heterocycles. The molecule has 7 heteroatoms. The van der Waals surface area contributed by atoms with Crippen molar-refractivity contribution in [1.82, 2.24) is 4.98 Å². The molecule has 3 aromatic rings. The van der Waals surface area contributed by atoms with Gasteiger partial charge in [0, 0.05) is 26.8 Å². The van der Waals surface area contributed by atoms with E-state index in [0.717, 1.165) is 23.6 Å². The summed E-state index contributed by atoms with van der Waals surface area (Å²) in [6.45, 7) is 6.78. The van der Waals surface area contributed by atoms with Crippen molar-refractivity contribution >= 4 is 39.7 Å². The van der Waals surface area contributed by atoms with Crippen LogP contribution in [0.4, 0.5) is 5.13 Å². The van der Waals surface area contributed by atoms with Gasteiger partial charge in [0.1, 0.15) is 0 Å². The van der Waals surface area contributed by atoms with E-state index in [4.69, 9.17) is 38.4 Å². The van der Waals surface area contributed by atoms with Crippen LogP contribution in [0.25, 0.3) is 0 Å². The summed E-state index contributed by atoms with van der Waals surface area (Å²) in [7, 11) is 0. The zero-order valence-corrected chi connectivity index (χ0v) is 18.3. The maximum Gasteiger partial charge on any atom is 0.231 e. The number of halogens is 2. The van der Waals surface area contributed by atoms with Crippen LogP contribution >= 0.6 is 34.5 Å². The Bertz CT molecular complexity index is 950. The molecule has 28 heavy (non-hydrogen) atoms. The second kappa shape index (κ2) is 8.60. The first-order valence-electron chi connectivity index (χ1n) is 8.77. The monoisotopic (exact) mass is 436 g/mol. The van der Waals surface area contributed by atoms with Crippen molar-refractivity contribution in [2.45, 2.75) is 32.6 Å². The Kier molecular flexibility index (Phi) is 6.38. The summed E-state index contributed by atoms with van der Waals surface area (Å²) in [6, 6.07) is 13.1. The largest absolute Gasteiger partial charge is 0.454 e. The third-order valence-electron chi connectivity index (χ3n) is 4.01. The number of thiazole rings is 1. The number of aromatic nitrogens is 1. The lowest BCUT2D eigenvalue weighted by Crippen LogP contribution is -2.14. The van der Waals surface area contributed by atoms with Gasteiger partial charge in [-0.1, -0.05) is 56.1 Å². The summed E-state index contributed by atoms with van der Waals surface area (Å²) in [5.41, 5.74) is 8.15. The van der Waals surface area contributed by atoms with Crippen molar-refractivity contribution in [2.75, 3.05) is 12.5 Å². The minimum absolute atomic E-state index is 0.000206. The summed E-state index contributed by atoms with van der Waals surface area (Å²) >= 11 is 12.7. The predicted octanol–water partition coefficient (Wildman–Crippen LogP) is 6.34. The Labute approximate surface area is 179 Å². The van der Waals surface area contributed by atoms with Crippen molar-refractivity contribution in [3.05, 3.63) is 68.6 Å². The molecule has 0 aliphatic carbocycles. The number of anilines is 1. The van der Waals surface area contributed by atoms with Crippen LogP contribution < -0.4 is 15.2 Å². The van der Waals surface area contributed by atoms with E-state index in [0.29, 0.717) is 22.0 Å². The molecule has 2 aromatic carbocycles. The average molecular weight is 437 g/mol. The van der Waals surface area contributed by atoms with Gasteiger partial charge in [0.05, 0.1) is 5.69 Å². The highest BCUT2D eigenvalue weighted by Crippen LogP contribution is 2.36. The fourth-order valence-corrected chi connectivity index (χ4v) is 4.29. The highest BCUT2D eigenvalue weighted by Gasteiger charge is 2.23. The first kappa shape index (κ1) is 20.8. The summed E-state index contributed by atoms with van der Waals surface area (Å²) < 4.78 is 10.8. The SMILES string of the molecule is CC(C)(C)c1nc(N)sc1Cc1ccc2c(c1)OCO2.Clc1cccc(Cl)c1. The second-order valence-corrected chi connectivity index (χ2v) is 9.37. The van der Waals surface area contributed by atoms with Crippen LogP contribution in [0.1, 0.15) is 36.9 Å². The number of hydrogen-bond acceptors (Lipinski definition) is 5. The summed E-state index contributed by atoms with van der Waals surface area (Å²) in [5.74, 6) is 1.63. The maximum absolute atomic E-state index is 5.88. The number of nitrogens with two attached hydrogens (primary N) is 1. The van der Waals surface area contributed by atoms with Gasteiger partial charge < -0.3 is 15.2 Å². The number of nitrogens with zero attached hydrogens (tertiary/aromatic N) is 1. The Balaban J connectivity index is 0.000000236. The molecule has 4 rings (SSSR count). The van der Waals surface area contributed by atoms with Gasteiger partial charge in [-0.15, -0.1) is 11.3 Å². The third-order valence-corrected chi connectivity index (χ3v) is 5.37. The average Bonchev–Trinajstić information content (AvgIpc) is 3.21. The van der Waals surface area contributed by atoms with Gasteiger partial charge in [0.15, 0.2) is 16.6 Å². The maximum atomic E-state index is 5.88. The van der Waals surface area contributed by atoms with Crippen LogP contribution in [-0.2, 0) is 11.8 Å². The lowest BCUT2D eigenvalue weighted by atomic mass is 9.90. The van der Waals surface area contributed by atoms with E-state index in [9.17, 15) is 0 Å². The predicted molar refractivity (Wildman–Crippen MR) is 117 cm³/mol. The van der Waals surface area contributed by atoms with Crippen molar-refractivity contribution < 1.29 is 9.47 Å². The molecule has 0 unspecified atom stereocenters. The molecule has 148 valence electrons. The molecule has 1 aliphatic rings. The molecular formula is C21H22Cl2N2O2S. The zero-order valence-electron chi connectivity index (χ0n) is 16.0. The van der Waals surface area contributed by atoms with Gasteiger partial charge in [-0.25, -0.2) is 4.98 Å². The van der Waals surface area contributed by atoms with Gasteiger partial charge in [0.2, 0.25) is 6.79 Å². The van der Waals surface area contributed by atoms with E-state index in [1.54, 1.807) is 29.5 Å². The number of nitrogen functional groups attached to an aromatic ring is 1. The lowest BCUT2D eigenvalue weighted by molar-refractivity contribution is 0.174. The number of rotatable bonds is 2. The van der Waals surface area contributed by atoms with E-state index >= 15 is 0 Å². The highest BCUT2D eigenvalue weighted by molar-refractivity contribution is 7.15. The molecule has 0 radical (unpaired) electrons. The molecule has 0 saturated carbocycles. The van der Waals surface area contributed by atoms with E-state index < -0.39 is 0 Å². The topological polar surface area (TPSA) is 57.4 Å². The van der Waals surface area contributed by atoms with E-state index in [1.165, 1.54) is 10.4 Å². The first-order valence-corrected chi connectivity index (χ1v) is 10.3. The molecule has 0 spiro atoms. The lowest BCUT2D eigenvalue weighted by Gasteiger charge is -2.17. The minimum Gasteiger partial charge on any atom is -0.454 e. The molecular weight excluding hydrogens is 415 g/mol. The van der Waals surface area contributed by atoms with Crippen LogP contribution in [0.5, 0.6) is 11.5 Å². The third kappa shape index (κ3) is 5.31. The number of hydrogen-bond donors (Lipinski definition) is 1. The Hall–Kier alpha value is -1.95. The Morgan fingerprint density at radius 3 is 2.32 bits per heavy atom. The summed E-state index contributed by atoms with van der Waals surface area (Å²) in [6.07, 6.45) is 0.818. The fraction of sp³-hybridized carbons (Fsp3) is 0.286. The Morgan fingerprint density at radius 1 is 1.04 bits per heavy atom. The molecule has 2 heterocycles. The van der Waals surface area contributed by atoms with Crippen molar-refractivity contribution in [2.24, 2.45) is 0 Å². The van der Waals surface area contributed by atoms with Gasteiger partial charge >= 0.3 is 0 Å². The smallest absolute Gasteiger partial charge is 0.231 e. The van der Waals surface area contributed by atoms with Gasteiger partial charge in [-0.2, -0.15) is 0 Å². The first-order chi connectivity index (χ1) is 13.2. The molecule has 0 atom stereocenters. The van der Waals surface area contributed by atoms with Crippen LogP contribution in [0.2, 0.25) is 10.0 Å². The van der Waals surface area contributed by atoms with Crippen LogP contribution in [0.3, 0.4) is 0 Å². The van der Waals surface area contributed by atoms with Crippen LogP contribution in [0, 0.1) is 0 Å². The molecule has 2 N–H and O–H groups in total. The Morgan fingerprint density at radius 2 is 1.71 bits per heavy atom. The van der Waals surface area contributed by atoms with Crippen molar-refractivity contribution in [3.63, 3.8) is 0 Å². The van der Waals surface area contributed by atoms with Gasteiger partial charge in [-0.3, -0.25) is 0 Å². The minimum atomic E-state index is -0.000206. The molecule has 1 aromatic heterocycles. The molecule has 0 saturated heterocycles. The number of ether oxygens (including phenoxy) is 2. The van der Waals surface area contributed by atoms with Crippen LogP contribution in [0.15, 0.2) is 42.5 Å². The second-order valence-electron chi connectivity index (χ2n) is 7.38. The quantitative estimate of drug-likeness (QED) is 0.509. The van der Waals surface area contributed by atoms with E-state index in [1.807, 2.05) is 18.2 Å². The normalized spacial score (nSPS) is 12.5. The standard InChI is InChI=1S/C15H18N2O2S.C6H4Cl2/c1-15(2,3)13-12(20-14(16)17-13)7-9-4-5-10-11(6-9)19-8-18-10;7-5-2-1-3-6(8)4-5/h4-6H,7-8H2,1-3H3,(H2,16,17);1-4H. The fourth-order valence-electron chi connectivity index (χ4n) is 2.77. The van der Waals surface area contributed by atoms with Crippen molar-refractivity contribution in [1.29, 1.82) is 0 Å². The van der Waals surface area contributed by atoms with Crippen LogP contribution in [-0.4, -0.2) is 11.8 Å². The molecule has 0 bridgehead atoms. The highest BCUT2D eigenvalue weighted by atomic mass is 35.5. The van der Waals surface area contributed by atoms with Gasteiger partial charge in [-0.05, 0) is 35.9 Å². The van der Waals surface area contributed by atoms with Gasteiger partial charge in [0.25, 0.3) is 0 Å². The van der Waals surface area contributed by atoms with Crippen molar-refractivity contribution in [3.8, 4) is 11.5 Å². The summed E-state index contributed by atoms with van der Waals surface area (Å²) in [5, 5.41) is 1.99. The zero-order chi connectivity index (χ0) is 20.3.